The fourth-order valence-electron chi connectivity index (χ4n) is 3.94. The molecule has 8 nitrogen and oxygen atoms in total. The minimum atomic E-state index is -4.48. The quantitative estimate of drug-likeness (QED) is 0.346. The molecule has 0 spiro atoms. The van der Waals surface area contributed by atoms with Crippen molar-refractivity contribution < 1.29 is 18.0 Å². The Morgan fingerprint density at radius 1 is 1.25 bits per heavy atom. The minimum Gasteiger partial charge on any atom is -0.385 e. The standard InChI is InChI=1S/C25H28F3N7O/c1-16(2)34-13-21(14-34)30-11-19(10-29)17-6-7-35-22(12-31-23(35)9-17)18-4-3-5-20(8-18)33-24(36)32-15-25(26,27)28/h3-12,16,21,29-30H,13-15H2,1-2H3,(H2,32,33,36)/b19-11+,29-10?. The number of nitrogens with zero attached hydrogens (tertiary/aromatic N) is 3. The smallest absolute Gasteiger partial charge is 0.385 e. The van der Waals surface area contributed by atoms with Gasteiger partial charge >= 0.3 is 12.2 Å². The average Bonchev–Trinajstić information content (AvgIpc) is 3.22. The van der Waals surface area contributed by atoms with Gasteiger partial charge in [0.05, 0.1) is 17.9 Å². The number of allylic oxidation sites excluding steroid dienone is 1. The highest BCUT2D eigenvalue weighted by molar-refractivity contribution is 6.08. The fraction of sp³-hybridized carbons (Fsp3) is 0.320. The van der Waals surface area contributed by atoms with E-state index in [1.807, 2.05) is 35.0 Å². The molecule has 1 aliphatic heterocycles. The van der Waals surface area contributed by atoms with Crippen molar-refractivity contribution in [2.75, 3.05) is 25.0 Å². The van der Waals surface area contributed by atoms with E-state index in [0.717, 1.165) is 35.5 Å². The van der Waals surface area contributed by atoms with Crippen LogP contribution in [-0.4, -0.2) is 64.4 Å². The molecule has 36 heavy (non-hydrogen) atoms. The van der Waals surface area contributed by atoms with Crippen LogP contribution >= 0.6 is 0 Å². The Labute approximate surface area is 206 Å². The second-order valence-corrected chi connectivity index (χ2v) is 8.95. The maximum Gasteiger partial charge on any atom is 0.405 e. The lowest BCUT2D eigenvalue weighted by Gasteiger charge is -2.42. The molecule has 0 bridgehead atoms. The second kappa shape index (κ2) is 10.4. The zero-order chi connectivity index (χ0) is 25.9. The van der Waals surface area contributed by atoms with Crippen molar-refractivity contribution in [3.05, 3.63) is 60.6 Å². The summed E-state index contributed by atoms with van der Waals surface area (Å²) in [5.74, 6) is 0. The largest absolute Gasteiger partial charge is 0.405 e. The highest BCUT2D eigenvalue weighted by Crippen LogP contribution is 2.25. The average molecular weight is 500 g/mol. The van der Waals surface area contributed by atoms with Gasteiger partial charge in [0.15, 0.2) is 0 Å². The summed E-state index contributed by atoms with van der Waals surface area (Å²) in [4.78, 5) is 18.6. The molecule has 0 atom stereocenters. The molecule has 0 unspecified atom stereocenters. The van der Waals surface area contributed by atoms with Crippen molar-refractivity contribution in [1.82, 2.24) is 24.9 Å². The molecule has 1 aromatic carbocycles. The van der Waals surface area contributed by atoms with Gasteiger partial charge in [0.25, 0.3) is 0 Å². The number of likely N-dealkylation sites (tertiary alicyclic amines) is 1. The van der Waals surface area contributed by atoms with Crippen molar-refractivity contribution in [2.24, 2.45) is 0 Å². The second-order valence-electron chi connectivity index (χ2n) is 8.95. The number of aromatic nitrogens is 2. The van der Waals surface area contributed by atoms with Gasteiger partial charge in [-0.15, -0.1) is 0 Å². The molecule has 4 rings (SSSR count). The van der Waals surface area contributed by atoms with Gasteiger partial charge in [-0.25, -0.2) is 9.78 Å². The van der Waals surface area contributed by atoms with Crippen LogP contribution < -0.4 is 16.0 Å². The fourth-order valence-corrected chi connectivity index (χ4v) is 3.94. The number of amides is 2. The van der Waals surface area contributed by atoms with E-state index < -0.39 is 18.8 Å². The number of nitrogens with one attached hydrogen (secondary N) is 4. The molecule has 0 saturated carbocycles. The number of hydrogen-bond acceptors (Lipinski definition) is 5. The van der Waals surface area contributed by atoms with E-state index >= 15 is 0 Å². The Hall–Kier alpha value is -3.86. The van der Waals surface area contributed by atoms with Crippen LogP contribution in [0.15, 0.2) is 55.0 Å². The van der Waals surface area contributed by atoms with Gasteiger partial charge in [-0.05, 0) is 43.7 Å². The molecule has 1 saturated heterocycles. The third kappa shape index (κ3) is 6.03. The number of pyridine rings is 1. The van der Waals surface area contributed by atoms with E-state index in [9.17, 15) is 18.0 Å². The van der Waals surface area contributed by atoms with Gasteiger partial charge in [0.1, 0.15) is 12.2 Å². The Bertz CT molecular complexity index is 1280. The molecule has 3 heterocycles. The Balaban J connectivity index is 1.47. The van der Waals surface area contributed by atoms with Crippen molar-refractivity contribution in [1.29, 1.82) is 5.41 Å². The van der Waals surface area contributed by atoms with E-state index in [0.29, 0.717) is 23.4 Å². The lowest BCUT2D eigenvalue weighted by atomic mass is 10.1. The number of hydrogen-bond donors (Lipinski definition) is 4. The van der Waals surface area contributed by atoms with E-state index in [1.165, 1.54) is 6.21 Å². The maximum absolute atomic E-state index is 12.3. The molecule has 190 valence electrons. The van der Waals surface area contributed by atoms with Crippen LogP contribution in [-0.2, 0) is 0 Å². The number of benzene rings is 1. The van der Waals surface area contributed by atoms with Crippen molar-refractivity contribution in [3.63, 3.8) is 0 Å². The first kappa shape index (κ1) is 25.2. The molecular weight excluding hydrogens is 471 g/mol. The molecular formula is C25H28F3N7O. The van der Waals surface area contributed by atoms with E-state index in [-0.39, 0.29) is 0 Å². The van der Waals surface area contributed by atoms with E-state index in [1.54, 1.807) is 29.7 Å². The van der Waals surface area contributed by atoms with Crippen molar-refractivity contribution in [2.45, 2.75) is 32.1 Å². The number of urea groups is 1. The van der Waals surface area contributed by atoms with Crippen LogP contribution in [0.5, 0.6) is 0 Å². The van der Waals surface area contributed by atoms with Gasteiger partial charge < -0.3 is 21.4 Å². The molecule has 1 fully saturated rings. The summed E-state index contributed by atoms with van der Waals surface area (Å²) >= 11 is 0. The molecule has 4 N–H and O–H groups in total. The predicted octanol–water partition coefficient (Wildman–Crippen LogP) is 4.36. The van der Waals surface area contributed by atoms with Gasteiger partial charge in [0.2, 0.25) is 0 Å². The molecule has 2 amide bonds. The predicted molar refractivity (Wildman–Crippen MR) is 134 cm³/mol. The summed E-state index contributed by atoms with van der Waals surface area (Å²) in [6, 6.07) is 10.5. The number of rotatable bonds is 8. The Morgan fingerprint density at radius 2 is 2.03 bits per heavy atom. The topological polar surface area (TPSA) is 97.5 Å². The lowest BCUT2D eigenvalue weighted by molar-refractivity contribution is -0.122. The summed E-state index contributed by atoms with van der Waals surface area (Å²) in [6.45, 7) is 4.88. The van der Waals surface area contributed by atoms with Crippen LogP contribution in [0.25, 0.3) is 22.5 Å². The number of carbonyl (C=O) groups excluding carboxylic acids is 1. The molecule has 3 aromatic rings. The highest BCUT2D eigenvalue weighted by atomic mass is 19.4. The van der Waals surface area contributed by atoms with Gasteiger partial charge in [0, 0.05) is 54.6 Å². The zero-order valence-corrected chi connectivity index (χ0v) is 19.9. The molecule has 11 heteroatoms. The van der Waals surface area contributed by atoms with Crippen LogP contribution in [0.2, 0.25) is 0 Å². The van der Waals surface area contributed by atoms with Crippen molar-refractivity contribution in [3.8, 4) is 11.3 Å². The highest BCUT2D eigenvalue weighted by Gasteiger charge is 2.28. The van der Waals surface area contributed by atoms with Crippen LogP contribution in [0.1, 0.15) is 19.4 Å². The lowest BCUT2D eigenvalue weighted by Crippen LogP contribution is -2.58. The van der Waals surface area contributed by atoms with Crippen LogP contribution in [0, 0.1) is 5.41 Å². The summed E-state index contributed by atoms with van der Waals surface area (Å²) in [5, 5.41) is 15.4. The Kier molecular flexibility index (Phi) is 7.30. The van der Waals surface area contributed by atoms with E-state index in [4.69, 9.17) is 5.41 Å². The minimum absolute atomic E-state index is 0.353. The van der Waals surface area contributed by atoms with Crippen LogP contribution in [0.4, 0.5) is 23.7 Å². The summed E-state index contributed by atoms with van der Waals surface area (Å²) in [5.41, 5.74) is 4.09. The molecule has 0 radical (unpaired) electrons. The number of alkyl halides is 3. The normalized spacial score (nSPS) is 15.1. The number of fused-ring (bicyclic) bond motifs is 1. The summed E-state index contributed by atoms with van der Waals surface area (Å²) in [7, 11) is 0. The Morgan fingerprint density at radius 3 is 2.72 bits per heavy atom. The third-order valence-corrected chi connectivity index (χ3v) is 5.98. The molecule has 2 aromatic heterocycles. The first-order valence-electron chi connectivity index (χ1n) is 11.5. The van der Waals surface area contributed by atoms with Crippen molar-refractivity contribution >= 4 is 29.2 Å². The zero-order valence-electron chi connectivity index (χ0n) is 19.9. The summed E-state index contributed by atoms with van der Waals surface area (Å²) < 4.78 is 38.8. The third-order valence-electron chi connectivity index (χ3n) is 5.98. The number of anilines is 1. The molecule has 0 aliphatic carbocycles. The molecule has 1 aliphatic rings. The van der Waals surface area contributed by atoms with Gasteiger partial charge in [-0.3, -0.25) is 9.30 Å². The summed E-state index contributed by atoms with van der Waals surface area (Å²) in [6.07, 6.45) is 2.22. The SMILES string of the molecule is CC(C)N1CC(N/C=C(\C=N)c2ccn3c(-c4cccc(NC(=O)NCC(F)(F)F)c4)cnc3c2)C1. The first-order chi connectivity index (χ1) is 17.1. The number of imidazole rings is 1. The number of carbonyl (C=O) groups is 1. The monoisotopic (exact) mass is 499 g/mol. The van der Waals surface area contributed by atoms with Gasteiger partial charge in [-0.1, -0.05) is 12.1 Å². The number of halogens is 3. The first-order valence-corrected chi connectivity index (χ1v) is 11.5. The van der Waals surface area contributed by atoms with Gasteiger partial charge in [-0.2, -0.15) is 13.2 Å². The van der Waals surface area contributed by atoms with E-state index in [2.05, 4.69) is 34.4 Å². The van der Waals surface area contributed by atoms with Crippen LogP contribution in [0.3, 0.4) is 0 Å². The maximum atomic E-state index is 12.3.